The highest BCUT2D eigenvalue weighted by Gasteiger charge is 2.31. The van der Waals surface area contributed by atoms with Crippen LogP contribution in [0.4, 0.5) is 4.79 Å². The van der Waals surface area contributed by atoms with E-state index in [0.29, 0.717) is 44.9 Å². The number of nitrogens with one attached hydrogen (secondary N) is 1. The Hall–Kier alpha value is -2.36. The molecule has 0 aromatic carbocycles. The summed E-state index contributed by atoms with van der Waals surface area (Å²) in [7, 11) is 0. The zero-order valence-electron chi connectivity index (χ0n) is 21.7. The number of likely N-dealkylation sites (tertiary alicyclic amines) is 2. The highest BCUT2D eigenvalue weighted by molar-refractivity contribution is 5.82. The molecule has 0 radical (unpaired) electrons. The Bertz CT molecular complexity index is 729. The Morgan fingerprint density at radius 2 is 1.74 bits per heavy atom. The van der Waals surface area contributed by atoms with Gasteiger partial charge >= 0.3 is 12.1 Å². The number of hydrogen-bond acceptors (Lipinski definition) is 7. The molecule has 2 atom stereocenters. The smallest absolute Gasteiger partial charge is 0.410 e. The molecule has 35 heavy (non-hydrogen) atoms. The van der Waals surface area contributed by atoms with Crippen molar-refractivity contribution < 1.29 is 33.8 Å². The number of aliphatic hydroxyl groups is 1. The molecule has 2 N–H and O–H groups in total. The van der Waals surface area contributed by atoms with Gasteiger partial charge in [-0.15, -0.1) is 0 Å². The van der Waals surface area contributed by atoms with E-state index in [1.807, 2.05) is 20.8 Å². The second-order valence-electron chi connectivity index (χ2n) is 10.5. The molecule has 0 saturated carbocycles. The Morgan fingerprint density at radius 3 is 2.34 bits per heavy atom. The Labute approximate surface area is 208 Å². The first-order valence-corrected chi connectivity index (χ1v) is 12.8. The fourth-order valence-electron chi connectivity index (χ4n) is 4.48. The van der Waals surface area contributed by atoms with Gasteiger partial charge in [-0.3, -0.25) is 14.4 Å². The first-order chi connectivity index (χ1) is 16.5. The zero-order valence-corrected chi connectivity index (χ0v) is 21.7. The molecule has 1 unspecified atom stereocenters. The van der Waals surface area contributed by atoms with Crippen LogP contribution in [0.5, 0.6) is 0 Å². The van der Waals surface area contributed by atoms with Crippen molar-refractivity contribution >= 4 is 23.9 Å². The molecular weight excluding hydrogens is 454 g/mol. The van der Waals surface area contributed by atoms with Crippen LogP contribution in [0.3, 0.4) is 0 Å². The van der Waals surface area contributed by atoms with E-state index in [0.717, 1.165) is 25.7 Å². The normalized spacial score (nSPS) is 20.2. The topological polar surface area (TPSA) is 125 Å². The molecular formula is C25H43N3O7. The van der Waals surface area contributed by atoms with Crippen molar-refractivity contribution in [3.05, 3.63) is 0 Å². The lowest BCUT2D eigenvalue weighted by Crippen LogP contribution is -2.47. The molecule has 0 aromatic rings. The number of rotatable bonds is 9. The van der Waals surface area contributed by atoms with Gasteiger partial charge in [0.05, 0.1) is 25.0 Å². The van der Waals surface area contributed by atoms with Gasteiger partial charge in [-0.1, -0.05) is 0 Å². The van der Waals surface area contributed by atoms with Crippen LogP contribution in [0.15, 0.2) is 0 Å². The number of ether oxygens (including phenoxy) is 2. The van der Waals surface area contributed by atoms with Crippen LogP contribution < -0.4 is 5.32 Å². The lowest BCUT2D eigenvalue weighted by Gasteiger charge is -2.34. The summed E-state index contributed by atoms with van der Waals surface area (Å²) in [5.41, 5.74) is -0.509. The molecule has 2 aliphatic rings. The third-order valence-corrected chi connectivity index (χ3v) is 6.54. The van der Waals surface area contributed by atoms with Crippen molar-refractivity contribution in [3.8, 4) is 0 Å². The van der Waals surface area contributed by atoms with Crippen LogP contribution in [0.25, 0.3) is 0 Å². The number of aliphatic hydroxyl groups excluding tert-OH is 1. The second-order valence-corrected chi connectivity index (χ2v) is 10.5. The number of piperidine rings is 2. The maximum absolute atomic E-state index is 12.8. The van der Waals surface area contributed by atoms with Gasteiger partial charge in [0.15, 0.2) is 0 Å². The summed E-state index contributed by atoms with van der Waals surface area (Å²) in [6, 6.07) is 0. The van der Waals surface area contributed by atoms with Crippen LogP contribution in [-0.2, 0) is 23.9 Å². The summed E-state index contributed by atoms with van der Waals surface area (Å²) in [5, 5.41) is 12.1. The van der Waals surface area contributed by atoms with E-state index in [-0.39, 0.29) is 37.0 Å². The molecule has 2 fully saturated rings. The van der Waals surface area contributed by atoms with E-state index >= 15 is 0 Å². The SMILES string of the molecule is CCOC(=O)C(CO)CNC(=O)[C@@H]1CCCN(C(=O)CCC2CCN(C(=O)OC(C)(C)C)CC2)C1. The number of hydrogen-bond donors (Lipinski definition) is 2. The summed E-state index contributed by atoms with van der Waals surface area (Å²) < 4.78 is 10.3. The Morgan fingerprint density at radius 1 is 1.06 bits per heavy atom. The maximum Gasteiger partial charge on any atom is 0.410 e. The van der Waals surface area contributed by atoms with E-state index < -0.39 is 24.1 Å². The lowest BCUT2D eigenvalue weighted by atomic mass is 9.91. The molecule has 0 aliphatic carbocycles. The first-order valence-electron chi connectivity index (χ1n) is 12.8. The van der Waals surface area contributed by atoms with E-state index in [2.05, 4.69) is 5.32 Å². The monoisotopic (exact) mass is 497 g/mol. The van der Waals surface area contributed by atoms with E-state index in [1.165, 1.54) is 0 Å². The third kappa shape index (κ3) is 9.66. The fourth-order valence-corrected chi connectivity index (χ4v) is 4.48. The van der Waals surface area contributed by atoms with Crippen molar-refractivity contribution in [1.29, 1.82) is 0 Å². The molecule has 200 valence electrons. The minimum absolute atomic E-state index is 0.0145. The average Bonchev–Trinajstić information content (AvgIpc) is 2.82. The van der Waals surface area contributed by atoms with E-state index in [1.54, 1.807) is 16.7 Å². The van der Waals surface area contributed by atoms with Crippen LogP contribution in [0.1, 0.15) is 66.2 Å². The minimum Gasteiger partial charge on any atom is -0.466 e. The third-order valence-electron chi connectivity index (χ3n) is 6.54. The van der Waals surface area contributed by atoms with Crippen LogP contribution >= 0.6 is 0 Å². The highest BCUT2D eigenvalue weighted by Crippen LogP contribution is 2.25. The predicted molar refractivity (Wildman–Crippen MR) is 129 cm³/mol. The quantitative estimate of drug-likeness (QED) is 0.466. The average molecular weight is 498 g/mol. The van der Waals surface area contributed by atoms with E-state index in [4.69, 9.17) is 9.47 Å². The number of carbonyl (C=O) groups is 4. The zero-order chi connectivity index (χ0) is 26.0. The molecule has 10 heteroatoms. The van der Waals surface area contributed by atoms with E-state index in [9.17, 15) is 24.3 Å². The minimum atomic E-state index is -0.790. The number of nitrogens with zero attached hydrogens (tertiary/aromatic N) is 2. The summed E-state index contributed by atoms with van der Waals surface area (Å²) in [6.07, 6.45) is 4.06. The van der Waals surface area contributed by atoms with Crippen LogP contribution in [0.2, 0.25) is 0 Å². The van der Waals surface area contributed by atoms with Crippen LogP contribution in [0, 0.1) is 17.8 Å². The van der Waals surface area contributed by atoms with Gasteiger partial charge in [0.2, 0.25) is 11.8 Å². The summed E-state index contributed by atoms with van der Waals surface area (Å²) >= 11 is 0. The van der Waals surface area contributed by atoms with Gasteiger partial charge in [0, 0.05) is 39.1 Å². The number of carbonyl (C=O) groups excluding carboxylic acids is 4. The molecule has 2 saturated heterocycles. The van der Waals surface area contributed by atoms with Crippen LogP contribution in [-0.4, -0.2) is 90.3 Å². The summed E-state index contributed by atoms with van der Waals surface area (Å²) in [6.45, 7) is 9.37. The van der Waals surface area contributed by atoms with Crippen molar-refractivity contribution in [2.24, 2.45) is 17.8 Å². The molecule has 10 nitrogen and oxygen atoms in total. The summed E-state index contributed by atoms with van der Waals surface area (Å²) in [4.78, 5) is 53.0. The van der Waals surface area contributed by atoms with Crippen molar-refractivity contribution in [2.75, 3.05) is 45.9 Å². The second kappa shape index (κ2) is 13.7. The van der Waals surface area contributed by atoms with Gasteiger partial charge in [0.1, 0.15) is 5.60 Å². The molecule has 0 bridgehead atoms. The largest absolute Gasteiger partial charge is 0.466 e. The maximum atomic E-state index is 12.8. The molecule has 2 rings (SSSR count). The number of amides is 3. The molecule has 0 aromatic heterocycles. The van der Waals surface area contributed by atoms with Crippen molar-refractivity contribution in [3.63, 3.8) is 0 Å². The summed E-state index contributed by atoms with van der Waals surface area (Å²) in [5.74, 6) is -1.42. The standard InChI is InChI=1S/C25H43N3O7/c1-5-34-23(32)20(17-29)15-26-22(31)19-7-6-12-28(16-19)21(30)9-8-18-10-13-27(14-11-18)24(33)35-25(2,3)4/h18-20,29H,5-17H2,1-4H3,(H,26,31)/t19-,20?/m1/s1. The predicted octanol–water partition coefficient (Wildman–Crippen LogP) is 1.94. The molecule has 2 aliphatic heterocycles. The van der Waals surface area contributed by atoms with Gasteiger partial charge < -0.3 is 29.7 Å². The molecule has 3 amide bonds. The van der Waals surface area contributed by atoms with Gasteiger partial charge in [-0.2, -0.15) is 0 Å². The highest BCUT2D eigenvalue weighted by atomic mass is 16.6. The van der Waals surface area contributed by atoms with Gasteiger partial charge in [0.25, 0.3) is 0 Å². The molecule has 2 heterocycles. The van der Waals surface area contributed by atoms with Crippen molar-refractivity contribution in [2.45, 2.75) is 71.8 Å². The Balaban J connectivity index is 1.73. The van der Waals surface area contributed by atoms with Crippen molar-refractivity contribution in [1.82, 2.24) is 15.1 Å². The molecule has 0 spiro atoms. The van der Waals surface area contributed by atoms with Gasteiger partial charge in [-0.05, 0) is 65.7 Å². The lowest BCUT2D eigenvalue weighted by molar-refractivity contribution is -0.149. The van der Waals surface area contributed by atoms with Gasteiger partial charge in [-0.25, -0.2) is 4.79 Å². The fraction of sp³-hybridized carbons (Fsp3) is 0.840. The Kier molecular flexibility index (Phi) is 11.3. The number of esters is 1. The first kappa shape index (κ1) is 28.9.